The van der Waals surface area contributed by atoms with Crippen molar-refractivity contribution in [1.29, 1.82) is 0 Å². The number of ether oxygens (including phenoxy) is 2. The van der Waals surface area contributed by atoms with Crippen molar-refractivity contribution in [2.75, 3.05) is 31.5 Å². The molecule has 47 heavy (non-hydrogen) atoms. The van der Waals surface area contributed by atoms with Gasteiger partial charge in [0.15, 0.2) is 0 Å². The van der Waals surface area contributed by atoms with Crippen LogP contribution in [0.2, 0.25) is 0 Å². The molecule has 0 unspecified atom stereocenters. The molecule has 1 amide bonds. The van der Waals surface area contributed by atoms with Gasteiger partial charge in [0.05, 0.1) is 24.0 Å². The van der Waals surface area contributed by atoms with Gasteiger partial charge in [-0.05, 0) is 86.3 Å². The molecule has 0 spiro atoms. The normalized spacial score (nSPS) is 17.6. The maximum absolute atomic E-state index is 13.6. The first-order valence-corrected chi connectivity index (χ1v) is 17.0. The fourth-order valence-corrected chi connectivity index (χ4v) is 6.56. The summed E-state index contributed by atoms with van der Waals surface area (Å²) in [5.41, 5.74) is 1.85. The molecule has 1 aliphatic heterocycles. The Balaban J connectivity index is 1.34. The number of fused-ring (bicyclic) bond motifs is 1. The maximum atomic E-state index is 13.6. The Bertz CT molecular complexity index is 1750. The van der Waals surface area contributed by atoms with E-state index in [1.807, 2.05) is 68.6 Å². The molecule has 4 aromatic carbocycles. The van der Waals surface area contributed by atoms with Crippen molar-refractivity contribution >= 4 is 21.6 Å². The van der Waals surface area contributed by atoms with Crippen LogP contribution in [0.3, 0.4) is 0 Å². The van der Waals surface area contributed by atoms with E-state index in [1.165, 1.54) is 12.1 Å². The van der Waals surface area contributed by atoms with E-state index in [0.717, 1.165) is 29.2 Å². The Morgan fingerprint density at radius 3 is 2.38 bits per heavy atom. The van der Waals surface area contributed by atoms with Gasteiger partial charge in [0.1, 0.15) is 29.2 Å². The van der Waals surface area contributed by atoms with Gasteiger partial charge in [-0.3, -0.25) is 14.4 Å². The van der Waals surface area contributed by atoms with E-state index in [-0.39, 0.29) is 41.5 Å². The summed E-state index contributed by atoms with van der Waals surface area (Å²) in [5.74, 6) is 1.15. The molecule has 9 nitrogen and oxygen atoms in total. The minimum atomic E-state index is -4.01. The Morgan fingerprint density at radius 1 is 1.02 bits per heavy atom. The number of hydrogen-bond acceptors (Lipinski definition) is 7. The Kier molecular flexibility index (Phi) is 10.8. The highest BCUT2D eigenvalue weighted by molar-refractivity contribution is 7.92. The predicted octanol–water partition coefficient (Wildman–Crippen LogP) is 5.70. The van der Waals surface area contributed by atoms with E-state index in [2.05, 4.69) is 9.62 Å². The highest BCUT2D eigenvalue weighted by atomic mass is 32.2. The van der Waals surface area contributed by atoms with Crippen LogP contribution in [0.25, 0.3) is 0 Å². The largest absolute Gasteiger partial charge is 0.488 e. The fraction of sp³-hybridized carbons (Fsp3) is 0.306. The standard InChI is InChI=1S/C36H40FN3O6S/c1-25-21-40(26(2)24-41)36(42)20-28-19-30(38-47(43,44)33-16-11-29(37)12-17-33)13-18-34(28)46-35(25)23-39(3)22-27-9-14-32(15-10-27)45-31-7-5-4-6-8-31/h4-19,25-26,35,38,41H,20-24H2,1-3H3/t25-,26+,35-/m1/s1. The molecule has 1 aliphatic rings. The van der Waals surface area contributed by atoms with E-state index >= 15 is 0 Å². The lowest BCUT2D eigenvalue weighted by atomic mass is 10.0. The summed E-state index contributed by atoms with van der Waals surface area (Å²) in [4.78, 5) is 17.3. The number of amides is 1. The van der Waals surface area contributed by atoms with Crippen LogP contribution < -0.4 is 14.2 Å². The monoisotopic (exact) mass is 661 g/mol. The summed E-state index contributed by atoms with van der Waals surface area (Å²) in [5, 5.41) is 9.95. The number of sulfonamides is 1. The number of aliphatic hydroxyl groups is 1. The number of rotatable bonds is 11. The second-order valence-electron chi connectivity index (χ2n) is 12.0. The number of anilines is 1. The summed E-state index contributed by atoms with van der Waals surface area (Å²) < 4.78 is 54.4. The zero-order chi connectivity index (χ0) is 33.6. The summed E-state index contributed by atoms with van der Waals surface area (Å²) in [6.45, 7) is 5.18. The van der Waals surface area contributed by atoms with Crippen LogP contribution in [-0.2, 0) is 27.8 Å². The maximum Gasteiger partial charge on any atom is 0.261 e. The topological polar surface area (TPSA) is 108 Å². The van der Waals surface area contributed by atoms with Crippen LogP contribution in [0.15, 0.2) is 102 Å². The minimum Gasteiger partial charge on any atom is -0.488 e. The molecule has 11 heteroatoms. The van der Waals surface area contributed by atoms with Gasteiger partial charge in [-0.25, -0.2) is 12.8 Å². The van der Waals surface area contributed by atoms with Crippen LogP contribution in [0, 0.1) is 11.7 Å². The lowest BCUT2D eigenvalue weighted by molar-refractivity contribution is -0.134. The first-order valence-electron chi connectivity index (χ1n) is 15.5. The highest BCUT2D eigenvalue weighted by Gasteiger charge is 2.31. The number of para-hydroxylation sites is 1. The highest BCUT2D eigenvalue weighted by Crippen LogP contribution is 2.30. The van der Waals surface area contributed by atoms with Crippen molar-refractivity contribution in [2.45, 2.75) is 43.9 Å². The SMILES string of the molecule is C[C@@H]1CN([C@@H](C)CO)C(=O)Cc2cc(NS(=O)(=O)c3ccc(F)cc3)ccc2O[C@@H]1CN(C)Cc1ccc(Oc2ccccc2)cc1. The molecule has 0 aliphatic carbocycles. The van der Waals surface area contributed by atoms with E-state index < -0.39 is 21.9 Å². The quantitative estimate of drug-likeness (QED) is 0.212. The zero-order valence-electron chi connectivity index (χ0n) is 26.7. The van der Waals surface area contributed by atoms with Crippen molar-refractivity contribution in [3.05, 3.63) is 114 Å². The number of aliphatic hydroxyl groups excluding tert-OH is 1. The molecule has 0 fully saturated rings. The summed E-state index contributed by atoms with van der Waals surface area (Å²) in [7, 11) is -2.00. The summed E-state index contributed by atoms with van der Waals surface area (Å²) in [6.07, 6.45) is -0.376. The lowest BCUT2D eigenvalue weighted by Gasteiger charge is -2.34. The summed E-state index contributed by atoms with van der Waals surface area (Å²) >= 11 is 0. The number of nitrogens with zero attached hydrogens (tertiary/aromatic N) is 2. The zero-order valence-corrected chi connectivity index (χ0v) is 27.5. The molecule has 3 atom stereocenters. The van der Waals surface area contributed by atoms with E-state index in [4.69, 9.17) is 9.47 Å². The van der Waals surface area contributed by atoms with Crippen molar-refractivity contribution < 1.29 is 32.2 Å². The smallest absolute Gasteiger partial charge is 0.261 e. The fourth-order valence-electron chi connectivity index (χ4n) is 5.51. The van der Waals surface area contributed by atoms with Gasteiger partial charge in [-0.2, -0.15) is 0 Å². The minimum absolute atomic E-state index is 0.0432. The first kappa shape index (κ1) is 33.9. The molecule has 2 N–H and O–H groups in total. The molecule has 0 saturated heterocycles. The predicted molar refractivity (Wildman–Crippen MR) is 178 cm³/mol. The van der Waals surface area contributed by atoms with Gasteiger partial charge < -0.3 is 19.5 Å². The van der Waals surface area contributed by atoms with Crippen LogP contribution in [-0.4, -0.2) is 68.1 Å². The van der Waals surface area contributed by atoms with Gasteiger partial charge in [0.2, 0.25) is 5.91 Å². The average molecular weight is 662 g/mol. The number of halogens is 1. The average Bonchev–Trinajstić information content (AvgIpc) is 3.09. The van der Waals surface area contributed by atoms with Gasteiger partial charge in [-0.15, -0.1) is 0 Å². The van der Waals surface area contributed by atoms with Gasteiger partial charge in [0, 0.05) is 36.8 Å². The molecule has 0 bridgehead atoms. The van der Waals surface area contributed by atoms with E-state index in [9.17, 15) is 22.7 Å². The molecule has 248 valence electrons. The van der Waals surface area contributed by atoms with Crippen molar-refractivity contribution in [3.8, 4) is 17.2 Å². The molecule has 4 aromatic rings. The molecule has 0 radical (unpaired) electrons. The number of nitrogens with one attached hydrogen (secondary N) is 1. The number of carbonyl (C=O) groups excluding carboxylic acids is 1. The molecule has 5 rings (SSSR count). The number of likely N-dealkylation sites (N-methyl/N-ethyl adjacent to an activating group) is 1. The van der Waals surface area contributed by atoms with Crippen LogP contribution in [0.5, 0.6) is 17.2 Å². The van der Waals surface area contributed by atoms with Crippen molar-refractivity contribution in [1.82, 2.24) is 9.80 Å². The third kappa shape index (κ3) is 8.88. The van der Waals surface area contributed by atoms with Crippen molar-refractivity contribution in [3.63, 3.8) is 0 Å². The van der Waals surface area contributed by atoms with E-state index in [0.29, 0.717) is 30.9 Å². The molecule has 0 aromatic heterocycles. The molecular formula is C36H40FN3O6S. The third-order valence-corrected chi connectivity index (χ3v) is 9.54. The van der Waals surface area contributed by atoms with Gasteiger partial charge >= 0.3 is 0 Å². The number of benzene rings is 4. The first-order chi connectivity index (χ1) is 22.5. The molecule has 1 heterocycles. The molecular weight excluding hydrogens is 621 g/mol. The Morgan fingerprint density at radius 2 is 1.70 bits per heavy atom. The van der Waals surface area contributed by atoms with Crippen LogP contribution >= 0.6 is 0 Å². The number of carbonyl (C=O) groups is 1. The van der Waals surface area contributed by atoms with Gasteiger partial charge in [0.25, 0.3) is 10.0 Å². The second kappa shape index (κ2) is 15.0. The number of hydrogen-bond donors (Lipinski definition) is 2. The lowest BCUT2D eigenvalue weighted by Crippen LogP contribution is -2.47. The summed E-state index contributed by atoms with van der Waals surface area (Å²) in [6, 6.07) is 26.5. The van der Waals surface area contributed by atoms with Gasteiger partial charge in [-0.1, -0.05) is 37.3 Å². The van der Waals surface area contributed by atoms with E-state index in [1.54, 1.807) is 30.0 Å². The Labute approximate surface area is 275 Å². The van der Waals surface area contributed by atoms with Crippen molar-refractivity contribution in [2.24, 2.45) is 5.92 Å². The second-order valence-corrected chi connectivity index (χ2v) is 13.7. The molecule has 0 saturated carbocycles. The van der Waals surface area contributed by atoms with Crippen LogP contribution in [0.1, 0.15) is 25.0 Å². The van der Waals surface area contributed by atoms with Crippen LogP contribution in [0.4, 0.5) is 10.1 Å². The Hall–Kier alpha value is -4.45. The third-order valence-electron chi connectivity index (χ3n) is 8.14.